The molecule has 0 saturated carbocycles. The molecule has 0 aliphatic rings. The van der Waals surface area contributed by atoms with Gasteiger partial charge in [0.2, 0.25) is 11.7 Å². The lowest BCUT2D eigenvalue weighted by Gasteiger charge is -2.15. The molecule has 1 amide bonds. The van der Waals surface area contributed by atoms with Crippen LogP contribution in [0.4, 0.5) is 5.69 Å². The van der Waals surface area contributed by atoms with Crippen molar-refractivity contribution in [1.82, 2.24) is 5.32 Å². The topological polar surface area (TPSA) is 123 Å². The number of non-ortho nitro benzene ring substituents is 1. The zero-order valence-electron chi connectivity index (χ0n) is 15.8. The van der Waals surface area contributed by atoms with Gasteiger partial charge in [0.15, 0.2) is 11.5 Å². The summed E-state index contributed by atoms with van der Waals surface area (Å²) in [5.41, 5.74) is 0.779. The minimum absolute atomic E-state index is 0.0748. The molecule has 0 spiro atoms. The van der Waals surface area contributed by atoms with E-state index in [-0.39, 0.29) is 35.9 Å². The first kappa shape index (κ1) is 20.8. The van der Waals surface area contributed by atoms with Crippen molar-refractivity contribution < 1.29 is 29.0 Å². The van der Waals surface area contributed by atoms with E-state index in [4.69, 9.17) is 14.2 Å². The lowest BCUT2D eigenvalue weighted by atomic mass is 10.1. The molecule has 0 bridgehead atoms. The Bertz CT molecular complexity index is 842. The highest BCUT2D eigenvalue weighted by atomic mass is 16.6. The molecule has 0 aliphatic heterocycles. The number of methoxy groups -OCH3 is 3. The molecule has 0 fully saturated rings. The van der Waals surface area contributed by atoms with Crippen molar-refractivity contribution in [3.8, 4) is 23.0 Å². The second-order valence-electron chi connectivity index (χ2n) is 5.86. The third-order valence-corrected chi connectivity index (χ3v) is 4.10. The predicted molar refractivity (Wildman–Crippen MR) is 98.8 cm³/mol. The summed E-state index contributed by atoms with van der Waals surface area (Å²) in [4.78, 5) is 22.3. The van der Waals surface area contributed by atoms with Gasteiger partial charge in [-0.2, -0.15) is 0 Å². The lowest BCUT2D eigenvalue weighted by Crippen LogP contribution is -2.23. The number of nitrogens with one attached hydrogen (secondary N) is 1. The number of carbonyl (C=O) groups is 1. The Hall–Kier alpha value is -3.49. The van der Waals surface area contributed by atoms with Gasteiger partial charge in [-0.3, -0.25) is 14.9 Å². The second kappa shape index (κ2) is 9.45. The SMILES string of the molecule is COc1cc(CCC(=O)NCc2cc([N+](=O)[O-])ccc2[O-])cc(OC)c1OC. The highest BCUT2D eigenvalue weighted by Crippen LogP contribution is 2.38. The van der Waals surface area contributed by atoms with Gasteiger partial charge in [-0.05, 0) is 29.7 Å². The van der Waals surface area contributed by atoms with Crippen molar-refractivity contribution in [2.75, 3.05) is 21.3 Å². The third kappa shape index (κ3) is 5.03. The van der Waals surface area contributed by atoms with E-state index in [0.29, 0.717) is 23.7 Å². The van der Waals surface area contributed by atoms with Crippen molar-refractivity contribution in [2.45, 2.75) is 19.4 Å². The first-order chi connectivity index (χ1) is 13.4. The van der Waals surface area contributed by atoms with Gasteiger partial charge in [0, 0.05) is 25.1 Å². The molecule has 0 atom stereocenters. The Morgan fingerprint density at radius 1 is 1.07 bits per heavy atom. The maximum absolute atomic E-state index is 12.1. The summed E-state index contributed by atoms with van der Waals surface area (Å²) in [6.45, 7) is -0.0748. The predicted octanol–water partition coefficient (Wildman–Crippen LogP) is 1.94. The van der Waals surface area contributed by atoms with Crippen LogP contribution in [0.3, 0.4) is 0 Å². The Balaban J connectivity index is 2.00. The molecule has 2 aromatic rings. The Morgan fingerprint density at radius 3 is 2.25 bits per heavy atom. The van der Waals surface area contributed by atoms with Crippen LogP contribution in [0, 0.1) is 10.1 Å². The maximum Gasteiger partial charge on any atom is 0.269 e. The number of hydrogen-bond donors (Lipinski definition) is 1. The number of nitro groups is 1. The van der Waals surface area contributed by atoms with Gasteiger partial charge in [0.25, 0.3) is 5.69 Å². The smallest absolute Gasteiger partial charge is 0.269 e. The Kier molecular flexibility index (Phi) is 7.02. The fourth-order valence-electron chi connectivity index (χ4n) is 2.64. The molecule has 0 heterocycles. The highest BCUT2D eigenvalue weighted by Gasteiger charge is 2.14. The molecule has 2 aromatic carbocycles. The van der Waals surface area contributed by atoms with Crippen LogP contribution in [-0.4, -0.2) is 32.2 Å². The summed E-state index contributed by atoms with van der Waals surface area (Å²) in [5.74, 6) is 0.789. The van der Waals surface area contributed by atoms with Crippen LogP contribution in [0.5, 0.6) is 23.0 Å². The number of benzene rings is 2. The highest BCUT2D eigenvalue weighted by molar-refractivity contribution is 5.76. The fraction of sp³-hybridized carbons (Fsp3) is 0.316. The van der Waals surface area contributed by atoms with Crippen molar-refractivity contribution >= 4 is 11.6 Å². The van der Waals surface area contributed by atoms with Crippen LogP contribution < -0.4 is 24.6 Å². The maximum atomic E-state index is 12.1. The molecule has 9 nitrogen and oxygen atoms in total. The summed E-state index contributed by atoms with van der Waals surface area (Å²) < 4.78 is 15.8. The number of nitrogens with zero attached hydrogens (tertiary/aromatic N) is 1. The molecule has 1 N–H and O–H groups in total. The molecule has 0 unspecified atom stereocenters. The zero-order chi connectivity index (χ0) is 20.7. The van der Waals surface area contributed by atoms with Crippen molar-refractivity contribution in [2.24, 2.45) is 0 Å². The van der Waals surface area contributed by atoms with E-state index in [1.807, 2.05) is 0 Å². The standard InChI is InChI=1S/C19H22N2O7/c1-26-16-8-12(9-17(27-2)19(16)28-3)4-7-18(23)20-11-13-10-14(21(24)25)5-6-15(13)22/h5-6,8-10,22H,4,7,11H2,1-3H3,(H,20,23)/p-1. The summed E-state index contributed by atoms with van der Waals surface area (Å²) in [7, 11) is 4.52. The fourth-order valence-corrected chi connectivity index (χ4v) is 2.64. The van der Waals surface area contributed by atoms with Crippen LogP contribution in [0.2, 0.25) is 0 Å². The first-order valence-corrected chi connectivity index (χ1v) is 8.39. The third-order valence-electron chi connectivity index (χ3n) is 4.10. The minimum Gasteiger partial charge on any atom is -0.872 e. The molecule has 0 aliphatic carbocycles. The van der Waals surface area contributed by atoms with Crippen LogP contribution in [0.25, 0.3) is 0 Å². The Labute approximate surface area is 162 Å². The van der Waals surface area contributed by atoms with Crippen molar-refractivity contribution in [1.29, 1.82) is 0 Å². The first-order valence-electron chi connectivity index (χ1n) is 8.39. The van der Waals surface area contributed by atoms with Crippen LogP contribution in [0.1, 0.15) is 17.5 Å². The van der Waals surface area contributed by atoms with Crippen molar-refractivity contribution in [3.63, 3.8) is 0 Å². The van der Waals surface area contributed by atoms with Gasteiger partial charge in [0.05, 0.1) is 26.3 Å². The number of hydrogen-bond acceptors (Lipinski definition) is 7. The van der Waals surface area contributed by atoms with Gasteiger partial charge < -0.3 is 24.6 Å². The summed E-state index contributed by atoms with van der Waals surface area (Å²) in [6, 6.07) is 6.94. The number of ether oxygens (including phenoxy) is 3. The van der Waals surface area contributed by atoms with E-state index in [2.05, 4.69) is 5.32 Å². The van der Waals surface area contributed by atoms with Crippen LogP contribution in [0.15, 0.2) is 30.3 Å². The average molecular weight is 389 g/mol. The molecule has 0 saturated heterocycles. The minimum atomic E-state index is -0.588. The second-order valence-corrected chi connectivity index (χ2v) is 5.86. The normalized spacial score (nSPS) is 10.2. The number of aryl methyl sites for hydroxylation is 1. The Morgan fingerprint density at radius 2 is 1.71 bits per heavy atom. The number of carbonyl (C=O) groups excluding carboxylic acids is 1. The largest absolute Gasteiger partial charge is 0.872 e. The van der Waals surface area contributed by atoms with Gasteiger partial charge in [0.1, 0.15) is 0 Å². The molecule has 9 heteroatoms. The summed E-state index contributed by atoms with van der Waals surface area (Å²) in [6.07, 6.45) is 0.559. The monoisotopic (exact) mass is 389 g/mol. The molecular weight excluding hydrogens is 368 g/mol. The molecular formula is C19H21N2O7-. The molecule has 0 aromatic heterocycles. The zero-order valence-corrected chi connectivity index (χ0v) is 15.8. The van der Waals surface area contributed by atoms with Crippen LogP contribution in [-0.2, 0) is 17.8 Å². The molecule has 28 heavy (non-hydrogen) atoms. The van der Waals surface area contributed by atoms with Gasteiger partial charge in [-0.15, -0.1) is 5.75 Å². The molecule has 2 rings (SSSR count). The number of rotatable bonds is 9. The van der Waals surface area contributed by atoms with Crippen molar-refractivity contribution in [3.05, 3.63) is 51.6 Å². The number of nitro benzene ring substituents is 1. The van der Waals surface area contributed by atoms with E-state index in [0.717, 1.165) is 17.7 Å². The summed E-state index contributed by atoms with van der Waals surface area (Å²) in [5, 5.41) is 25.2. The van der Waals surface area contributed by atoms with Gasteiger partial charge in [-0.25, -0.2) is 0 Å². The van der Waals surface area contributed by atoms with Gasteiger partial charge >= 0.3 is 0 Å². The lowest BCUT2D eigenvalue weighted by molar-refractivity contribution is -0.385. The van der Waals surface area contributed by atoms with Gasteiger partial charge in [-0.1, -0.05) is 6.07 Å². The quantitative estimate of drug-likeness (QED) is 0.513. The molecule has 150 valence electrons. The van der Waals surface area contributed by atoms with E-state index in [1.165, 1.54) is 27.4 Å². The van der Waals surface area contributed by atoms with E-state index < -0.39 is 4.92 Å². The van der Waals surface area contributed by atoms with E-state index in [1.54, 1.807) is 12.1 Å². The van der Waals surface area contributed by atoms with E-state index >= 15 is 0 Å². The summed E-state index contributed by atoms with van der Waals surface area (Å²) >= 11 is 0. The average Bonchev–Trinajstić information content (AvgIpc) is 2.70. The molecule has 0 radical (unpaired) electrons. The van der Waals surface area contributed by atoms with E-state index in [9.17, 15) is 20.0 Å². The van der Waals surface area contributed by atoms with Crippen LogP contribution >= 0.6 is 0 Å². The number of amides is 1.